The summed E-state index contributed by atoms with van der Waals surface area (Å²) < 4.78 is 26.6. The first-order valence-electron chi connectivity index (χ1n) is 6.46. The minimum absolute atomic E-state index is 0.154. The third kappa shape index (κ3) is 2.98. The van der Waals surface area contributed by atoms with Crippen molar-refractivity contribution in [3.05, 3.63) is 28.8 Å². The predicted octanol–water partition coefficient (Wildman–Crippen LogP) is 3.02. The summed E-state index contributed by atoms with van der Waals surface area (Å²) in [5.41, 5.74) is 0.472. The van der Waals surface area contributed by atoms with Gasteiger partial charge in [-0.15, -0.1) is 0 Å². The highest BCUT2D eigenvalue weighted by Gasteiger charge is 2.32. The minimum Gasteiger partial charge on any atom is -0.207 e. The lowest BCUT2D eigenvalue weighted by atomic mass is 9.83. The van der Waals surface area contributed by atoms with Gasteiger partial charge in [0.05, 0.1) is 15.5 Å². The molecule has 1 aromatic rings. The molecule has 0 unspecified atom stereocenters. The molecule has 0 aromatic heterocycles. The maximum atomic E-state index is 12.5. The molecule has 1 aromatic carbocycles. The zero-order valence-electron chi connectivity index (χ0n) is 11.6. The maximum absolute atomic E-state index is 12.5. The second kappa shape index (κ2) is 5.36. The first-order chi connectivity index (χ1) is 9.26. The molecular formula is C14H17ClN2O2S. The van der Waals surface area contributed by atoms with Crippen LogP contribution in [0.5, 0.6) is 0 Å². The van der Waals surface area contributed by atoms with Crippen LogP contribution in [0, 0.1) is 16.7 Å². The summed E-state index contributed by atoms with van der Waals surface area (Å²) in [4.78, 5) is 0.154. The average molecular weight is 313 g/mol. The van der Waals surface area contributed by atoms with E-state index in [0.717, 1.165) is 12.8 Å². The van der Waals surface area contributed by atoms with Crippen molar-refractivity contribution in [2.75, 3.05) is 13.1 Å². The Morgan fingerprint density at radius 2 is 1.90 bits per heavy atom. The van der Waals surface area contributed by atoms with Crippen LogP contribution in [0.15, 0.2) is 23.1 Å². The quantitative estimate of drug-likeness (QED) is 0.843. The standard InChI is InChI=1S/C14H17ClN2O2S/c1-14(2)5-7-17(8-6-14)20(18,19)12-4-3-11(10-16)13(15)9-12/h3-4,9H,5-8H2,1-2H3. The molecule has 0 spiro atoms. The van der Waals surface area contributed by atoms with Crippen molar-refractivity contribution in [3.63, 3.8) is 0 Å². The summed E-state index contributed by atoms with van der Waals surface area (Å²) in [7, 11) is -3.52. The molecule has 0 atom stereocenters. The molecule has 1 fully saturated rings. The fraction of sp³-hybridized carbons (Fsp3) is 0.500. The molecule has 4 nitrogen and oxygen atoms in total. The van der Waals surface area contributed by atoms with Gasteiger partial charge in [-0.25, -0.2) is 8.42 Å². The Kier molecular flexibility index (Phi) is 4.10. The van der Waals surface area contributed by atoms with Crippen molar-refractivity contribution < 1.29 is 8.42 Å². The summed E-state index contributed by atoms with van der Waals surface area (Å²) >= 11 is 5.91. The van der Waals surface area contributed by atoms with E-state index in [1.807, 2.05) is 6.07 Å². The second-order valence-electron chi connectivity index (χ2n) is 5.82. The molecule has 0 bridgehead atoms. The van der Waals surface area contributed by atoms with Crippen molar-refractivity contribution in [1.29, 1.82) is 5.26 Å². The molecular weight excluding hydrogens is 296 g/mol. The van der Waals surface area contributed by atoms with Gasteiger partial charge in [0.2, 0.25) is 10.0 Å². The zero-order valence-corrected chi connectivity index (χ0v) is 13.1. The van der Waals surface area contributed by atoms with Crippen LogP contribution < -0.4 is 0 Å². The Bertz CT molecular complexity index is 652. The number of hydrogen-bond donors (Lipinski definition) is 0. The number of benzene rings is 1. The van der Waals surface area contributed by atoms with Crippen molar-refractivity contribution in [2.45, 2.75) is 31.6 Å². The third-order valence-corrected chi connectivity index (χ3v) is 5.98. The molecule has 0 aliphatic carbocycles. The van der Waals surface area contributed by atoms with Gasteiger partial charge >= 0.3 is 0 Å². The molecule has 1 saturated heterocycles. The lowest BCUT2D eigenvalue weighted by Crippen LogP contribution is -2.41. The van der Waals surface area contributed by atoms with Crippen LogP contribution in [0.3, 0.4) is 0 Å². The number of hydrogen-bond acceptors (Lipinski definition) is 3. The highest BCUT2D eigenvalue weighted by molar-refractivity contribution is 7.89. The number of piperidine rings is 1. The van der Waals surface area contributed by atoms with Crippen LogP contribution in [0.1, 0.15) is 32.3 Å². The van der Waals surface area contributed by atoms with Gasteiger partial charge in [0, 0.05) is 13.1 Å². The van der Waals surface area contributed by atoms with E-state index in [9.17, 15) is 8.42 Å². The second-order valence-corrected chi connectivity index (χ2v) is 8.17. The smallest absolute Gasteiger partial charge is 0.207 e. The van der Waals surface area contributed by atoms with E-state index >= 15 is 0 Å². The Hall–Kier alpha value is -1.09. The lowest BCUT2D eigenvalue weighted by molar-refractivity contribution is 0.196. The zero-order chi connectivity index (χ0) is 15.0. The highest BCUT2D eigenvalue weighted by Crippen LogP contribution is 2.33. The molecule has 1 heterocycles. The monoisotopic (exact) mass is 312 g/mol. The Morgan fingerprint density at radius 1 is 1.30 bits per heavy atom. The first kappa shape index (κ1) is 15.3. The molecule has 108 valence electrons. The van der Waals surface area contributed by atoms with E-state index < -0.39 is 10.0 Å². The van der Waals surface area contributed by atoms with Crippen LogP contribution in [0.4, 0.5) is 0 Å². The fourth-order valence-corrected chi connectivity index (χ4v) is 3.98. The molecule has 6 heteroatoms. The van der Waals surface area contributed by atoms with Crippen LogP contribution in [0.2, 0.25) is 5.02 Å². The molecule has 1 aliphatic heterocycles. The van der Waals surface area contributed by atoms with E-state index in [1.165, 1.54) is 22.5 Å². The molecule has 0 amide bonds. The fourth-order valence-electron chi connectivity index (χ4n) is 2.23. The van der Waals surface area contributed by atoms with E-state index in [-0.39, 0.29) is 20.9 Å². The Balaban J connectivity index is 2.28. The van der Waals surface area contributed by atoms with Gasteiger partial charge in [-0.1, -0.05) is 25.4 Å². The average Bonchev–Trinajstić information content (AvgIpc) is 2.38. The molecule has 0 saturated carbocycles. The van der Waals surface area contributed by atoms with Gasteiger partial charge in [0.25, 0.3) is 0 Å². The van der Waals surface area contributed by atoms with E-state index in [0.29, 0.717) is 13.1 Å². The molecule has 0 radical (unpaired) electrons. The van der Waals surface area contributed by atoms with Gasteiger partial charge in [0.15, 0.2) is 0 Å². The van der Waals surface area contributed by atoms with Crippen LogP contribution >= 0.6 is 11.6 Å². The predicted molar refractivity (Wildman–Crippen MR) is 77.9 cm³/mol. The molecule has 1 aliphatic rings. The maximum Gasteiger partial charge on any atom is 0.243 e. The Morgan fingerprint density at radius 3 is 2.40 bits per heavy atom. The number of sulfonamides is 1. The number of halogens is 1. The van der Waals surface area contributed by atoms with Crippen molar-refractivity contribution in [2.24, 2.45) is 5.41 Å². The number of nitriles is 1. The van der Waals surface area contributed by atoms with Gasteiger partial charge < -0.3 is 0 Å². The topological polar surface area (TPSA) is 61.2 Å². The summed E-state index contributed by atoms with van der Waals surface area (Å²) in [5, 5.41) is 9.00. The Labute approximate surface area is 125 Å². The van der Waals surface area contributed by atoms with Crippen molar-refractivity contribution >= 4 is 21.6 Å². The normalized spacial score (nSPS) is 19.5. The van der Waals surface area contributed by atoms with E-state index in [1.54, 1.807) is 0 Å². The van der Waals surface area contributed by atoms with Crippen LogP contribution in [-0.4, -0.2) is 25.8 Å². The number of nitrogens with zero attached hydrogens (tertiary/aromatic N) is 2. The summed E-state index contributed by atoms with van der Waals surface area (Å²) in [6, 6.07) is 6.17. The van der Waals surface area contributed by atoms with Crippen molar-refractivity contribution in [1.82, 2.24) is 4.31 Å². The van der Waals surface area contributed by atoms with E-state index in [2.05, 4.69) is 13.8 Å². The van der Waals surface area contributed by atoms with Gasteiger partial charge in [-0.2, -0.15) is 9.57 Å². The molecule has 2 rings (SSSR count). The minimum atomic E-state index is -3.52. The number of rotatable bonds is 2. The highest BCUT2D eigenvalue weighted by atomic mass is 35.5. The molecule has 20 heavy (non-hydrogen) atoms. The van der Waals surface area contributed by atoms with Crippen LogP contribution in [-0.2, 0) is 10.0 Å². The molecule has 0 N–H and O–H groups in total. The van der Waals surface area contributed by atoms with Crippen LogP contribution in [0.25, 0.3) is 0 Å². The third-order valence-electron chi connectivity index (χ3n) is 3.77. The van der Waals surface area contributed by atoms with Crippen molar-refractivity contribution in [3.8, 4) is 6.07 Å². The first-order valence-corrected chi connectivity index (χ1v) is 8.28. The summed E-state index contributed by atoms with van der Waals surface area (Å²) in [5.74, 6) is 0. The van der Waals surface area contributed by atoms with Gasteiger partial charge in [-0.05, 0) is 36.5 Å². The lowest BCUT2D eigenvalue weighted by Gasteiger charge is -2.36. The largest absolute Gasteiger partial charge is 0.243 e. The van der Waals surface area contributed by atoms with E-state index in [4.69, 9.17) is 16.9 Å². The van der Waals surface area contributed by atoms with Gasteiger partial charge in [0.1, 0.15) is 6.07 Å². The van der Waals surface area contributed by atoms with Gasteiger partial charge in [-0.3, -0.25) is 0 Å². The summed E-state index contributed by atoms with van der Waals surface area (Å²) in [6.45, 7) is 5.34. The summed E-state index contributed by atoms with van der Waals surface area (Å²) in [6.07, 6.45) is 1.69. The SMILES string of the molecule is CC1(C)CCN(S(=O)(=O)c2ccc(C#N)c(Cl)c2)CC1.